The van der Waals surface area contributed by atoms with Crippen LogP contribution in [0.3, 0.4) is 0 Å². The Hall–Kier alpha value is -1.55. The molecule has 1 aromatic rings. The Balaban J connectivity index is 2.74. The monoisotopic (exact) mass is 277 g/mol. The molecule has 0 radical (unpaired) electrons. The summed E-state index contributed by atoms with van der Waals surface area (Å²) in [5.74, 6) is 0.0941. The molecule has 1 amide bonds. The first kappa shape index (κ1) is 16.5. The summed E-state index contributed by atoms with van der Waals surface area (Å²) < 4.78 is 0. The Morgan fingerprint density at radius 3 is 2.25 bits per heavy atom. The standard InChI is InChI=1S/C16H27N3O/c1-13-11-16(18(5)10-9-17(3)4)8-7-15(13)12-19(6)14(2)20/h7-8,11H,9-10,12H2,1-6H3. The molecule has 0 aliphatic heterocycles. The Labute approximate surface area is 123 Å². The van der Waals surface area contributed by atoms with Crippen LogP contribution in [-0.4, -0.2) is 57.0 Å². The van der Waals surface area contributed by atoms with Crippen LogP contribution in [0.4, 0.5) is 5.69 Å². The summed E-state index contributed by atoms with van der Waals surface area (Å²) >= 11 is 0. The molecule has 112 valence electrons. The molecular formula is C16H27N3O. The number of hydrogen-bond donors (Lipinski definition) is 0. The van der Waals surface area contributed by atoms with Crippen LogP contribution in [-0.2, 0) is 11.3 Å². The zero-order chi connectivity index (χ0) is 15.3. The largest absolute Gasteiger partial charge is 0.373 e. The van der Waals surface area contributed by atoms with Crippen molar-refractivity contribution in [2.24, 2.45) is 0 Å². The average Bonchev–Trinajstić information content (AvgIpc) is 2.37. The number of carbonyl (C=O) groups is 1. The first-order chi connectivity index (χ1) is 9.31. The van der Waals surface area contributed by atoms with E-state index in [9.17, 15) is 4.79 Å². The molecule has 0 aliphatic carbocycles. The fourth-order valence-electron chi connectivity index (χ4n) is 1.94. The maximum atomic E-state index is 11.3. The number of nitrogens with zero attached hydrogens (tertiary/aromatic N) is 3. The van der Waals surface area contributed by atoms with E-state index in [2.05, 4.69) is 56.1 Å². The summed E-state index contributed by atoms with van der Waals surface area (Å²) in [5.41, 5.74) is 3.65. The van der Waals surface area contributed by atoms with Crippen LogP contribution >= 0.6 is 0 Å². The highest BCUT2D eigenvalue weighted by molar-refractivity contribution is 5.72. The molecule has 0 bridgehead atoms. The van der Waals surface area contributed by atoms with Gasteiger partial charge in [-0.15, -0.1) is 0 Å². The molecule has 0 saturated heterocycles. The average molecular weight is 277 g/mol. The summed E-state index contributed by atoms with van der Waals surface area (Å²) in [6.45, 7) is 6.40. The fourth-order valence-corrected chi connectivity index (χ4v) is 1.94. The van der Waals surface area contributed by atoms with Crippen LogP contribution in [0.1, 0.15) is 18.1 Å². The number of anilines is 1. The Bertz CT molecular complexity index is 457. The first-order valence-corrected chi connectivity index (χ1v) is 6.98. The summed E-state index contributed by atoms with van der Waals surface area (Å²) in [4.78, 5) is 17.5. The van der Waals surface area contributed by atoms with Crippen molar-refractivity contribution < 1.29 is 4.79 Å². The van der Waals surface area contributed by atoms with Crippen molar-refractivity contribution in [2.45, 2.75) is 20.4 Å². The lowest BCUT2D eigenvalue weighted by atomic mass is 10.1. The van der Waals surface area contributed by atoms with E-state index in [-0.39, 0.29) is 5.91 Å². The fraction of sp³-hybridized carbons (Fsp3) is 0.562. The van der Waals surface area contributed by atoms with Crippen molar-refractivity contribution in [3.63, 3.8) is 0 Å². The molecule has 4 nitrogen and oxygen atoms in total. The van der Waals surface area contributed by atoms with Gasteiger partial charge in [0.2, 0.25) is 5.91 Å². The molecule has 0 aromatic heterocycles. The van der Waals surface area contributed by atoms with E-state index in [1.54, 1.807) is 11.8 Å². The van der Waals surface area contributed by atoms with Gasteiger partial charge in [0.15, 0.2) is 0 Å². The third kappa shape index (κ3) is 4.85. The molecule has 0 saturated carbocycles. The minimum Gasteiger partial charge on any atom is -0.373 e. The van der Waals surface area contributed by atoms with E-state index >= 15 is 0 Å². The number of likely N-dealkylation sites (N-methyl/N-ethyl adjacent to an activating group) is 2. The van der Waals surface area contributed by atoms with E-state index in [0.717, 1.165) is 13.1 Å². The number of hydrogen-bond acceptors (Lipinski definition) is 3. The van der Waals surface area contributed by atoms with Crippen molar-refractivity contribution in [1.29, 1.82) is 0 Å². The van der Waals surface area contributed by atoms with Crippen LogP contribution in [0.2, 0.25) is 0 Å². The van der Waals surface area contributed by atoms with Crippen LogP contribution in [0.25, 0.3) is 0 Å². The summed E-state index contributed by atoms with van der Waals surface area (Å²) in [5, 5.41) is 0. The molecule has 0 N–H and O–H groups in total. The number of amides is 1. The molecule has 0 atom stereocenters. The van der Waals surface area contributed by atoms with Gasteiger partial charge in [0.1, 0.15) is 0 Å². The van der Waals surface area contributed by atoms with Gasteiger partial charge in [-0.25, -0.2) is 0 Å². The number of aryl methyl sites for hydroxylation is 1. The van der Waals surface area contributed by atoms with Gasteiger partial charge in [-0.2, -0.15) is 0 Å². The summed E-state index contributed by atoms with van der Waals surface area (Å²) in [6, 6.07) is 6.45. The zero-order valence-electron chi connectivity index (χ0n) is 13.6. The Kier molecular flexibility index (Phi) is 6.02. The van der Waals surface area contributed by atoms with E-state index in [1.165, 1.54) is 16.8 Å². The highest BCUT2D eigenvalue weighted by Gasteiger charge is 2.08. The van der Waals surface area contributed by atoms with Gasteiger partial charge >= 0.3 is 0 Å². The third-order valence-corrected chi connectivity index (χ3v) is 3.59. The zero-order valence-corrected chi connectivity index (χ0v) is 13.6. The van der Waals surface area contributed by atoms with Gasteiger partial charge in [-0.05, 0) is 44.3 Å². The second-order valence-corrected chi connectivity index (χ2v) is 5.71. The highest BCUT2D eigenvalue weighted by atomic mass is 16.2. The van der Waals surface area contributed by atoms with Crippen LogP contribution in [0.15, 0.2) is 18.2 Å². The van der Waals surface area contributed by atoms with Crippen molar-refractivity contribution in [2.75, 3.05) is 46.2 Å². The maximum Gasteiger partial charge on any atom is 0.219 e. The molecule has 4 heteroatoms. The van der Waals surface area contributed by atoms with Crippen LogP contribution in [0.5, 0.6) is 0 Å². The van der Waals surface area contributed by atoms with E-state index in [0.29, 0.717) is 6.54 Å². The van der Waals surface area contributed by atoms with Crippen molar-refractivity contribution in [3.05, 3.63) is 29.3 Å². The molecule has 0 unspecified atom stereocenters. The number of rotatable bonds is 6. The molecule has 1 rings (SSSR count). The molecule has 20 heavy (non-hydrogen) atoms. The normalized spacial score (nSPS) is 10.8. The molecule has 0 fully saturated rings. The summed E-state index contributed by atoms with van der Waals surface area (Å²) in [6.07, 6.45) is 0. The predicted octanol–water partition coefficient (Wildman–Crippen LogP) is 1.97. The minimum atomic E-state index is 0.0941. The molecule has 0 aliphatic rings. The highest BCUT2D eigenvalue weighted by Crippen LogP contribution is 2.19. The smallest absolute Gasteiger partial charge is 0.219 e. The van der Waals surface area contributed by atoms with E-state index in [1.807, 2.05) is 7.05 Å². The van der Waals surface area contributed by atoms with Gasteiger partial charge < -0.3 is 14.7 Å². The first-order valence-electron chi connectivity index (χ1n) is 6.98. The quantitative estimate of drug-likeness (QED) is 0.795. The number of benzene rings is 1. The van der Waals surface area contributed by atoms with Crippen molar-refractivity contribution >= 4 is 11.6 Å². The van der Waals surface area contributed by atoms with Gasteiger partial charge in [-0.3, -0.25) is 4.79 Å². The molecule has 1 aromatic carbocycles. The molecular weight excluding hydrogens is 250 g/mol. The lowest BCUT2D eigenvalue weighted by Gasteiger charge is -2.23. The lowest BCUT2D eigenvalue weighted by Crippen LogP contribution is -2.28. The minimum absolute atomic E-state index is 0.0941. The Morgan fingerprint density at radius 1 is 1.10 bits per heavy atom. The third-order valence-electron chi connectivity index (χ3n) is 3.59. The van der Waals surface area contributed by atoms with Crippen molar-refractivity contribution in [1.82, 2.24) is 9.80 Å². The predicted molar refractivity (Wildman–Crippen MR) is 85.2 cm³/mol. The van der Waals surface area contributed by atoms with Gasteiger partial charge in [0, 0.05) is 46.3 Å². The lowest BCUT2D eigenvalue weighted by molar-refractivity contribution is -0.128. The van der Waals surface area contributed by atoms with E-state index < -0.39 is 0 Å². The van der Waals surface area contributed by atoms with Crippen molar-refractivity contribution in [3.8, 4) is 0 Å². The second kappa shape index (κ2) is 7.29. The van der Waals surface area contributed by atoms with Gasteiger partial charge in [0.25, 0.3) is 0 Å². The SMILES string of the molecule is CC(=O)N(C)Cc1ccc(N(C)CCN(C)C)cc1C. The number of carbonyl (C=O) groups excluding carboxylic acids is 1. The topological polar surface area (TPSA) is 26.8 Å². The second-order valence-electron chi connectivity index (χ2n) is 5.71. The summed E-state index contributed by atoms with van der Waals surface area (Å²) in [7, 11) is 8.11. The maximum absolute atomic E-state index is 11.3. The van der Waals surface area contributed by atoms with Crippen LogP contribution < -0.4 is 4.90 Å². The van der Waals surface area contributed by atoms with Gasteiger partial charge in [-0.1, -0.05) is 6.07 Å². The van der Waals surface area contributed by atoms with E-state index in [4.69, 9.17) is 0 Å². The molecule has 0 heterocycles. The van der Waals surface area contributed by atoms with Crippen LogP contribution in [0, 0.1) is 6.92 Å². The molecule has 0 spiro atoms. The Morgan fingerprint density at radius 2 is 1.75 bits per heavy atom. The van der Waals surface area contributed by atoms with Gasteiger partial charge in [0.05, 0.1) is 0 Å².